The largest absolute Gasteiger partial charge is 0.490 e. The second-order valence-electron chi connectivity index (χ2n) is 11.2. The molecule has 10 heteroatoms. The van der Waals surface area contributed by atoms with Gasteiger partial charge in [-0.3, -0.25) is 9.59 Å². The molecule has 0 aliphatic carbocycles. The Kier molecular flexibility index (Phi) is 9.16. The second-order valence-corrected chi connectivity index (χ2v) is 11.2. The first-order valence-corrected chi connectivity index (χ1v) is 13.5. The van der Waals surface area contributed by atoms with E-state index in [1.165, 1.54) is 5.56 Å². The molecule has 1 atom stereocenters. The minimum Gasteiger partial charge on any atom is -0.475 e. The van der Waals surface area contributed by atoms with E-state index < -0.39 is 12.1 Å². The van der Waals surface area contributed by atoms with Crippen LogP contribution in [0.1, 0.15) is 62.9 Å². The number of carbonyl (C=O) groups excluding carboxylic acids is 2. The van der Waals surface area contributed by atoms with E-state index in [2.05, 4.69) is 49.6 Å². The molecule has 0 bridgehead atoms. The summed E-state index contributed by atoms with van der Waals surface area (Å²) < 4.78 is 31.7. The Morgan fingerprint density at radius 1 is 1.00 bits per heavy atom. The number of rotatable bonds is 5. The van der Waals surface area contributed by atoms with Crippen LogP contribution in [0.3, 0.4) is 0 Å². The van der Waals surface area contributed by atoms with Crippen LogP contribution in [0.5, 0.6) is 0 Å². The van der Waals surface area contributed by atoms with Crippen LogP contribution < -0.4 is 0 Å². The third-order valence-corrected chi connectivity index (χ3v) is 8.40. The van der Waals surface area contributed by atoms with E-state index in [4.69, 9.17) is 9.90 Å². The van der Waals surface area contributed by atoms with E-state index in [1.807, 2.05) is 17.0 Å². The molecule has 3 heterocycles. The molecular formula is C28H40F3N3O4. The number of amides is 2. The number of nitrogens with zero attached hydrogens (tertiary/aromatic N) is 3. The quantitative estimate of drug-likeness (QED) is 0.603. The van der Waals surface area contributed by atoms with Crippen molar-refractivity contribution in [3.8, 4) is 0 Å². The van der Waals surface area contributed by atoms with Crippen molar-refractivity contribution in [2.45, 2.75) is 59.6 Å². The van der Waals surface area contributed by atoms with Crippen molar-refractivity contribution in [1.29, 1.82) is 0 Å². The van der Waals surface area contributed by atoms with Gasteiger partial charge in [0.1, 0.15) is 0 Å². The van der Waals surface area contributed by atoms with Crippen LogP contribution >= 0.6 is 0 Å². The van der Waals surface area contributed by atoms with Crippen molar-refractivity contribution in [3.05, 3.63) is 35.4 Å². The molecule has 1 aromatic rings. The van der Waals surface area contributed by atoms with Gasteiger partial charge in [-0.05, 0) is 56.2 Å². The van der Waals surface area contributed by atoms with Gasteiger partial charge in [-0.25, -0.2) is 4.79 Å². The Labute approximate surface area is 223 Å². The highest BCUT2D eigenvalue weighted by Crippen LogP contribution is 2.58. The molecule has 4 rings (SSSR count). The number of aliphatic carboxylic acids is 1. The van der Waals surface area contributed by atoms with E-state index in [1.54, 1.807) is 0 Å². The number of carbonyl (C=O) groups is 3. The van der Waals surface area contributed by atoms with Crippen LogP contribution in [0.15, 0.2) is 24.3 Å². The van der Waals surface area contributed by atoms with Crippen molar-refractivity contribution in [2.75, 3.05) is 45.8 Å². The lowest BCUT2D eigenvalue weighted by Gasteiger charge is -2.47. The average Bonchev–Trinajstić information content (AvgIpc) is 3.35. The number of fused-ring (bicyclic) bond motifs is 1. The van der Waals surface area contributed by atoms with Gasteiger partial charge in [-0.15, -0.1) is 0 Å². The van der Waals surface area contributed by atoms with Gasteiger partial charge in [0.2, 0.25) is 5.91 Å². The predicted molar refractivity (Wildman–Crippen MR) is 138 cm³/mol. The van der Waals surface area contributed by atoms with Crippen molar-refractivity contribution in [2.24, 2.45) is 16.7 Å². The van der Waals surface area contributed by atoms with Crippen LogP contribution in [-0.4, -0.2) is 89.6 Å². The number of carboxylic acid groups (broad SMARTS) is 1. The summed E-state index contributed by atoms with van der Waals surface area (Å²) in [5.74, 6) is -1.65. The molecule has 0 aromatic heterocycles. The van der Waals surface area contributed by atoms with E-state index in [9.17, 15) is 22.8 Å². The molecule has 0 radical (unpaired) electrons. The molecule has 1 unspecified atom stereocenters. The van der Waals surface area contributed by atoms with Gasteiger partial charge in [-0.2, -0.15) is 13.2 Å². The molecule has 212 valence electrons. The van der Waals surface area contributed by atoms with Crippen LogP contribution in [0.4, 0.5) is 13.2 Å². The first-order chi connectivity index (χ1) is 17.8. The molecule has 38 heavy (non-hydrogen) atoms. The van der Waals surface area contributed by atoms with E-state index in [0.717, 1.165) is 77.1 Å². The summed E-state index contributed by atoms with van der Waals surface area (Å²) in [5, 5.41) is 7.12. The SMILES string of the molecule is CCc1ccc(C(=O)N2CCC3(CC2)CN(CC(C)C)CC32CCN(CC)C2=O)cc1.O=C(O)C(F)(F)F. The number of hydrogen-bond acceptors (Lipinski definition) is 4. The third-order valence-electron chi connectivity index (χ3n) is 8.40. The smallest absolute Gasteiger partial charge is 0.475 e. The Morgan fingerprint density at radius 2 is 1.58 bits per heavy atom. The average molecular weight is 540 g/mol. The minimum absolute atomic E-state index is 0.00570. The lowest BCUT2D eigenvalue weighted by molar-refractivity contribution is -0.192. The number of carboxylic acids is 1. The summed E-state index contributed by atoms with van der Waals surface area (Å²) in [4.78, 5) is 42.2. The summed E-state index contributed by atoms with van der Waals surface area (Å²) in [7, 11) is 0. The highest BCUT2D eigenvalue weighted by molar-refractivity contribution is 5.94. The number of alkyl halides is 3. The monoisotopic (exact) mass is 539 g/mol. The fourth-order valence-electron chi connectivity index (χ4n) is 6.45. The summed E-state index contributed by atoms with van der Waals surface area (Å²) in [6, 6.07) is 8.05. The van der Waals surface area contributed by atoms with Crippen molar-refractivity contribution < 1.29 is 32.7 Å². The first kappa shape index (κ1) is 29.9. The van der Waals surface area contributed by atoms with Gasteiger partial charge in [0.05, 0.1) is 5.41 Å². The topological polar surface area (TPSA) is 81.2 Å². The second kappa shape index (κ2) is 11.6. The van der Waals surface area contributed by atoms with Gasteiger partial charge in [0.25, 0.3) is 5.91 Å². The lowest BCUT2D eigenvalue weighted by atomic mass is 9.60. The van der Waals surface area contributed by atoms with Gasteiger partial charge in [0.15, 0.2) is 0 Å². The molecular weight excluding hydrogens is 499 g/mol. The van der Waals surface area contributed by atoms with Crippen LogP contribution in [-0.2, 0) is 16.0 Å². The molecule has 3 fully saturated rings. The zero-order chi connectivity index (χ0) is 28.3. The first-order valence-electron chi connectivity index (χ1n) is 13.5. The number of benzene rings is 1. The zero-order valence-electron chi connectivity index (χ0n) is 22.8. The number of aryl methyl sites for hydroxylation is 1. The highest BCUT2D eigenvalue weighted by Gasteiger charge is 2.64. The predicted octanol–water partition coefficient (Wildman–Crippen LogP) is 4.31. The third kappa shape index (κ3) is 6.00. The fraction of sp³-hybridized carbons (Fsp3) is 0.679. The Hall–Kier alpha value is -2.62. The Bertz CT molecular complexity index is 1000. The molecule has 0 saturated carbocycles. The maximum Gasteiger partial charge on any atom is 0.490 e. The molecule has 1 aromatic carbocycles. The molecule has 3 saturated heterocycles. The Morgan fingerprint density at radius 3 is 2.03 bits per heavy atom. The highest BCUT2D eigenvalue weighted by atomic mass is 19.4. The van der Waals surface area contributed by atoms with Gasteiger partial charge in [-0.1, -0.05) is 32.9 Å². The lowest BCUT2D eigenvalue weighted by Crippen LogP contribution is -2.53. The van der Waals surface area contributed by atoms with Crippen LogP contribution in [0.25, 0.3) is 0 Å². The molecule has 2 spiro atoms. The van der Waals surface area contributed by atoms with Crippen molar-refractivity contribution in [1.82, 2.24) is 14.7 Å². The molecule has 7 nitrogen and oxygen atoms in total. The van der Waals surface area contributed by atoms with Gasteiger partial charge < -0.3 is 19.8 Å². The number of likely N-dealkylation sites (tertiary alicyclic amines) is 3. The van der Waals surface area contributed by atoms with E-state index in [0.29, 0.717) is 11.8 Å². The molecule has 3 aliphatic heterocycles. The number of piperidine rings is 1. The standard InChI is InChI=1S/C26H39N3O2.C2HF3O2/c1-5-21-7-9-22(10-8-21)23(30)29-14-11-25(12-15-29)18-27(17-20(3)4)19-26(25)13-16-28(6-2)24(26)31;3-2(4,5)1(6)7/h7-10,20H,5-6,11-19H2,1-4H3;(H,6,7). The Balaban J connectivity index is 0.000000505. The number of hydrogen-bond donors (Lipinski definition) is 1. The van der Waals surface area contributed by atoms with Crippen molar-refractivity contribution in [3.63, 3.8) is 0 Å². The van der Waals surface area contributed by atoms with Gasteiger partial charge in [0, 0.05) is 56.8 Å². The normalized spacial score (nSPS) is 23.3. The summed E-state index contributed by atoms with van der Waals surface area (Å²) in [6.07, 6.45) is -1.26. The summed E-state index contributed by atoms with van der Waals surface area (Å²) in [6.45, 7) is 14.9. The fourth-order valence-corrected chi connectivity index (χ4v) is 6.45. The summed E-state index contributed by atoms with van der Waals surface area (Å²) in [5.41, 5.74) is 1.79. The summed E-state index contributed by atoms with van der Waals surface area (Å²) >= 11 is 0. The zero-order valence-corrected chi connectivity index (χ0v) is 22.8. The van der Waals surface area contributed by atoms with Crippen molar-refractivity contribution >= 4 is 17.8 Å². The molecule has 2 amide bonds. The van der Waals surface area contributed by atoms with Gasteiger partial charge >= 0.3 is 12.1 Å². The van der Waals surface area contributed by atoms with E-state index in [-0.39, 0.29) is 16.7 Å². The van der Waals surface area contributed by atoms with Crippen LogP contribution in [0, 0.1) is 16.7 Å². The van der Waals surface area contributed by atoms with Crippen LogP contribution in [0.2, 0.25) is 0 Å². The minimum atomic E-state index is -5.08. The molecule has 1 N–H and O–H groups in total. The maximum atomic E-state index is 13.6. The van der Waals surface area contributed by atoms with E-state index >= 15 is 0 Å². The number of halogens is 3. The maximum absolute atomic E-state index is 13.6. The molecule has 3 aliphatic rings.